The van der Waals surface area contributed by atoms with Crippen molar-refractivity contribution in [1.29, 1.82) is 0 Å². The quantitative estimate of drug-likeness (QED) is 0.759. The van der Waals surface area contributed by atoms with Gasteiger partial charge in [-0.25, -0.2) is 4.79 Å². The van der Waals surface area contributed by atoms with Crippen molar-refractivity contribution in [2.75, 3.05) is 26.0 Å². The van der Waals surface area contributed by atoms with E-state index >= 15 is 0 Å². The lowest BCUT2D eigenvalue weighted by atomic mass is 10.2. The summed E-state index contributed by atoms with van der Waals surface area (Å²) in [4.78, 5) is 19.9. The average Bonchev–Trinajstić information content (AvgIpc) is 3.32. The van der Waals surface area contributed by atoms with Crippen LogP contribution in [0.4, 0.5) is 10.8 Å². The smallest absolute Gasteiger partial charge is 0.322 e. The standard InChI is InChI=1S/C18H21N7O2/c1-23(2)18(26)24-8-9-25-15(12-24)10-14(21-25)11-19-17-20-16(22-27-17)13-6-4-3-5-7-13/h3-7,10H,8-9,11-12H2,1-2H3,(H,19,20,22). The lowest BCUT2D eigenvalue weighted by Gasteiger charge is -2.29. The molecule has 0 radical (unpaired) electrons. The van der Waals surface area contributed by atoms with Gasteiger partial charge in [-0.15, -0.1) is 0 Å². The Labute approximate surface area is 156 Å². The van der Waals surface area contributed by atoms with E-state index in [2.05, 4.69) is 20.6 Å². The monoisotopic (exact) mass is 367 g/mol. The number of urea groups is 1. The van der Waals surface area contributed by atoms with Crippen molar-refractivity contribution in [1.82, 2.24) is 29.7 Å². The van der Waals surface area contributed by atoms with Gasteiger partial charge < -0.3 is 19.6 Å². The molecule has 0 aliphatic carbocycles. The Kier molecular flexibility index (Phi) is 4.49. The van der Waals surface area contributed by atoms with Crippen molar-refractivity contribution in [3.63, 3.8) is 0 Å². The molecule has 140 valence electrons. The average molecular weight is 367 g/mol. The molecule has 2 amide bonds. The first-order valence-electron chi connectivity index (χ1n) is 8.75. The third-order valence-electron chi connectivity index (χ3n) is 4.38. The van der Waals surface area contributed by atoms with E-state index in [4.69, 9.17) is 4.52 Å². The highest BCUT2D eigenvalue weighted by Gasteiger charge is 2.23. The summed E-state index contributed by atoms with van der Waals surface area (Å²) in [5.41, 5.74) is 2.78. The fourth-order valence-electron chi connectivity index (χ4n) is 3.02. The fraction of sp³-hybridized carbons (Fsp3) is 0.333. The van der Waals surface area contributed by atoms with Crippen molar-refractivity contribution in [3.8, 4) is 11.4 Å². The van der Waals surface area contributed by atoms with E-state index in [1.165, 1.54) is 0 Å². The SMILES string of the molecule is CN(C)C(=O)N1CCn2nc(CNc3nc(-c4ccccc4)no3)cc2C1. The molecular weight excluding hydrogens is 346 g/mol. The van der Waals surface area contributed by atoms with Crippen molar-refractivity contribution in [2.45, 2.75) is 19.6 Å². The zero-order chi connectivity index (χ0) is 18.8. The molecule has 27 heavy (non-hydrogen) atoms. The Bertz CT molecular complexity index is 932. The summed E-state index contributed by atoms with van der Waals surface area (Å²) in [6.07, 6.45) is 0. The highest BCUT2D eigenvalue weighted by atomic mass is 16.5. The normalized spacial score (nSPS) is 13.3. The third-order valence-corrected chi connectivity index (χ3v) is 4.38. The van der Waals surface area contributed by atoms with Crippen LogP contribution in [-0.4, -0.2) is 56.4 Å². The second kappa shape index (κ2) is 7.10. The van der Waals surface area contributed by atoms with Gasteiger partial charge in [0.15, 0.2) is 0 Å². The van der Waals surface area contributed by atoms with Gasteiger partial charge in [-0.2, -0.15) is 10.1 Å². The molecular formula is C18H21N7O2. The summed E-state index contributed by atoms with van der Waals surface area (Å²) in [7, 11) is 3.52. The van der Waals surface area contributed by atoms with Crippen LogP contribution in [-0.2, 0) is 19.6 Å². The molecule has 4 rings (SSSR count). The molecule has 9 heteroatoms. The second-order valence-electron chi connectivity index (χ2n) is 6.59. The summed E-state index contributed by atoms with van der Waals surface area (Å²) in [5, 5.41) is 11.7. The topological polar surface area (TPSA) is 92.3 Å². The number of nitrogens with one attached hydrogen (secondary N) is 1. The van der Waals surface area contributed by atoms with Crippen LogP contribution in [0.2, 0.25) is 0 Å². The Morgan fingerprint density at radius 3 is 2.85 bits per heavy atom. The Morgan fingerprint density at radius 2 is 2.07 bits per heavy atom. The minimum Gasteiger partial charge on any atom is -0.332 e. The van der Waals surface area contributed by atoms with Crippen molar-refractivity contribution >= 4 is 12.0 Å². The van der Waals surface area contributed by atoms with E-state index in [9.17, 15) is 4.79 Å². The van der Waals surface area contributed by atoms with E-state index in [1.54, 1.807) is 19.0 Å². The van der Waals surface area contributed by atoms with Crippen LogP contribution in [0.15, 0.2) is 40.9 Å². The second-order valence-corrected chi connectivity index (χ2v) is 6.59. The highest BCUT2D eigenvalue weighted by molar-refractivity contribution is 5.73. The number of carbonyl (C=O) groups is 1. The van der Waals surface area contributed by atoms with Gasteiger partial charge in [-0.3, -0.25) is 4.68 Å². The molecule has 1 aliphatic heterocycles. The number of hydrogen-bond acceptors (Lipinski definition) is 6. The first-order valence-corrected chi connectivity index (χ1v) is 8.75. The summed E-state index contributed by atoms with van der Waals surface area (Å²) >= 11 is 0. The van der Waals surface area contributed by atoms with Crippen LogP contribution < -0.4 is 5.32 Å². The molecule has 9 nitrogen and oxygen atoms in total. The van der Waals surface area contributed by atoms with E-state index in [0.717, 1.165) is 17.0 Å². The molecule has 1 N–H and O–H groups in total. The highest BCUT2D eigenvalue weighted by Crippen LogP contribution is 2.18. The summed E-state index contributed by atoms with van der Waals surface area (Å²) < 4.78 is 7.20. The summed E-state index contributed by atoms with van der Waals surface area (Å²) in [5.74, 6) is 0.542. The van der Waals surface area contributed by atoms with Gasteiger partial charge >= 0.3 is 12.0 Å². The summed E-state index contributed by atoms with van der Waals surface area (Å²) in [6.45, 7) is 2.37. The molecule has 3 aromatic rings. The molecule has 0 fully saturated rings. The molecule has 1 aromatic carbocycles. The number of hydrogen-bond donors (Lipinski definition) is 1. The number of amides is 2. The van der Waals surface area contributed by atoms with Crippen LogP contribution in [0.3, 0.4) is 0 Å². The number of nitrogens with zero attached hydrogens (tertiary/aromatic N) is 6. The Hall–Kier alpha value is -3.36. The number of carbonyl (C=O) groups excluding carboxylic acids is 1. The van der Waals surface area contributed by atoms with E-state index < -0.39 is 0 Å². The van der Waals surface area contributed by atoms with Gasteiger partial charge in [-0.1, -0.05) is 35.5 Å². The van der Waals surface area contributed by atoms with Crippen molar-refractivity contribution in [3.05, 3.63) is 47.8 Å². The van der Waals surface area contributed by atoms with Gasteiger partial charge in [-0.05, 0) is 6.07 Å². The fourth-order valence-corrected chi connectivity index (χ4v) is 3.02. The predicted octanol–water partition coefficient (Wildman–Crippen LogP) is 2.04. The van der Waals surface area contributed by atoms with Gasteiger partial charge in [0, 0.05) is 26.2 Å². The Morgan fingerprint density at radius 1 is 1.26 bits per heavy atom. The molecule has 0 spiro atoms. The maximum atomic E-state index is 12.1. The van der Waals surface area contributed by atoms with Crippen molar-refractivity contribution in [2.24, 2.45) is 0 Å². The number of rotatable bonds is 4. The zero-order valence-electron chi connectivity index (χ0n) is 15.3. The maximum absolute atomic E-state index is 12.1. The van der Waals surface area contributed by atoms with Crippen LogP contribution in [0, 0.1) is 0 Å². The van der Waals surface area contributed by atoms with Crippen molar-refractivity contribution < 1.29 is 9.32 Å². The number of fused-ring (bicyclic) bond motifs is 1. The number of aromatic nitrogens is 4. The molecule has 0 saturated carbocycles. The molecule has 3 heterocycles. The van der Waals surface area contributed by atoms with E-state index in [0.29, 0.717) is 38.0 Å². The molecule has 0 atom stereocenters. The lowest BCUT2D eigenvalue weighted by Crippen LogP contribution is -2.43. The molecule has 0 bridgehead atoms. The molecule has 1 aliphatic rings. The minimum absolute atomic E-state index is 0.0152. The van der Waals surface area contributed by atoms with Gasteiger partial charge in [0.2, 0.25) is 5.82 Å². The summed E-state index contributed by atoms with van der Waals surface area (Å²) in [6, 6.07) is 12.0. The van der Waals surface area contributed by atoms with Crippen LogP contribution in [0.5, 0.6) is 0 Å². The first-order chi connectivity index (χ1) is 13.1. The van der Waals surface area contributed by atoms with Gasteiger partial charge in [0.05, 0.1) is 31.0 Å². The number of anilines is 1. The largest absolute Gasteiger partial charge is 0.332 e. The third kappa shape index (κ3) is 3.62. The predicted molar refractivity (Wildman–Crippen MR) is 98.8 cm³/mol. The van der Waals surface area contributed by atoms with Crippen LogP contribution in [0.1, 0.15) is 11.4 Å². The molecule has 0 saturated heterocycles. The van der Waals surface area contributed by atoms with E-state index in [1.807, 2.05) is 46.0 Å². The Balaban J connectivity index is 1.39. The van der Waals surface area contributed by atoms with E-state index in [-0.39, 0.29) is 6.03 Å². The van der Waals surface area contributed by atoms with Gasteiger partial charge in [0.25, 0.3) is 0 Å². The van der Waals surface area contributed by atoms with Crippen LogP contribution >= 0.6 is 0 Å². The molecule has 0 unspecified atom stereocenters. The lowest BCUT2D eigenvalue weighted by molar-refractivity contribution is 0.155. The zero-order valence-corrected chi connectivity index (χ0v) is 15.3. The number of benzene rings is 1. The minimum atomic E-state index is 0.0152. The van der Waals surface area contributed by atoms with Gasteiger partial charge in [0.1, 0.15) is 0 Å². The first kappa shape index (κ1) is 17.1. The maximum Gasteiger partial charge on any atom is 0.322 e. The van der Waals surface area contributed by atoms with Crippen LogP contribution in [0.25, 0.3) is 11.4 Å². The molecule has 2 aromatic heterocycles.